The largest absolute Gasteiger partial charge is 0.325 e. The average Bonchev–Trinajstić information content (AvgIpc) is 3.52. The van der Waals surface area contributed by atoms with Gasteiger partial charge in [0.15, 0.2) is 5.16 Å². The maximum atomic E-state index is 12.2. The average molecular weight is 374 g/mol. The van der Waals surface area contributed by atoms with Crippen molar-refractivity contribution >= 4 is 35.0 Å². The van der Waals surface area contributed by atoms with E-state index in [0.717, 1.165) is 11.0 Å². The van der Waals surface area contributed by atoms with Gasteiger partial charge in [-0.2, -0.15) is 5.26 Å². The Morgan fingerprint density at radius 2 is 2.16 bits per heavy atom. The molecule has 1 aromatic heterocycles. The highest BCUT2D eigenvalue weighted by Gasteiger charge is 2.36. The molecule has 1 aromatic carbocycles. The molecular weight excluding hydrogens is 358 g/mol. The normalized spacial score (nSPS) is 16.5. The second-order valence-corrected chi connectivity index (χ2v) is 7.71. The van der Waals surface area contributed by atoms with Gasteiger partial charge in [0, 0.05) is 17.6 Å². The van der Waals surface area contributed by atoms with Gasteiger partial charge < -0.3 is 9.88 Å². The Kier molecular flexibility index (Phi) is 4.40. The molecule has 2 aromatic rings. The zero-order valence-corrected chi connectivity index (χ0v) is 15.0. The van der Waals surface area contributed by atoms with E-state index in [0.29, 0.717) is 28.2 Å². The van der Waals surface area contributed by atoms with Crippen LogP contribution in [0.15, 0.2) is 23.4 Å². The number of amides is 1. The fraction of sp³-hybridized carbons (Fsp3) is 0.412. The minimum absolute atomic E-state index is 0.135. The van der Waals surface area contributed by atoms with E-state index in [4.69, 9.17) is 16.9 Å². The molecule has 1 heterocycles. The van der Waals surface area contributed by atoms with Crippen LogP contribution >= 0.6 is 23.4 Å². The summed E-state index contributed by atoms with van der Waals surface area (Å²) in [5.74, 6) is 1.76. The highest BCUT2D eigenvalue weighted by Crippen LogP contribution is 2.45. The van der Waals surface area contributed by atoms with Crippen molar-refractivity contribution in [3.05, 3.63) is 34.6 Å². The molecule has 8 heteroatoms. The second-order valence-electron chi connectivity index (χ2n) is 6.36. The number of nitrogens with zero attached hydrogens (tertiary/aromatic N) is 4. The third-order valence-corrected chi connectivity index (χ3v) is 5.51. The molecule has 0 unspecified atom stereocenters. The van der Waals surface area contributed by atoms with Crippen molar-refractivity contribution in [2.24, 2.45) is 0 Å². The lowest BCUT2D eigenvalue weighted by molar-refractivity contribution is -0.113. The summed E-state index contributed by atoms with van der Waals surface area (Å²) < 4.78 is 2.23. The van der Waals surface area contributed by atoms with Gasteiger partial charge in [0.1, 0.15) is 11.9 Å². The van der Waals surface area contributed by atoms with Crippen LogP contribution in [0.5, 0.6) is 0 Å². The van der Waals surface area contributed by atoms with Gasteiger partial charge in [0.25, 0.3) is 0 Å². The molecule has 2 saturated carbocycles. The van der Waals surface area contributed by atoms with Crippen molar-refractivity contribution in [3.8, 4) is 6.07 Å². The van der Waals surface area contributed by atoms with Crippen molar-refractivity contribution in [1.29, 1.82) is 5.26 Å². The van der Waals surface area contributed by atoms with Crippen LogP contribution < -0.4 is 5.32 Å². The van der Waals surface area contributed by atoms with Gasteiger partial charge >= 0.3 is 0 Å². The fourth-order valence-corrected chi connectivity index (χ4v) is 3.73. The molecule has 6 nitrogen and oxygen atoms in total. The van der Waals surface area contributed by atoms with E-state index in [-0.39, 0.29) is 11.7 Å². The van der Waals surface area contributed by atoms with Crippen LogP contribution in [0.2, 0.25) is 5.02 Å². The molecule has 128 valence electrons. The van der Waals surface area contributed by atoms with Crippen LogP contribution in [0.4, 0.5) is 5.69 Å². The number of nitriles is 1. The van der Waals surface area contributed by atoms with Gasteiger partial charge in [0.2, 0.25) is 5.91 Å². The van der Waals surface area contributed by atoms with Gasteiger partial charge in [-0.05, 0) is 43.9 Å². The minimum Gasteiger partial charge on any atom is -0.325 e. The number of thioether (sulfide) groups is 1. The number of benzene rings is 1. The molecule has 0 aliphatic heterocycles. The summed E-state index contributed by atoms with van der Waals surface area (Å²) in [6.07, 6.45) is 4.72. The van der Waals surface area contributed by atoms with Crippen molar-refractivity contribution in [1.82, 2.24) is 14.8 Å². The molecule has 1 amide bonds. The molecule has 4 rings (SSSR count). The van der Waals surface area contributed by atoms with Crippen molar-refractivity contribution in [2.75, 3.05) is 11.1 Å². The number of rotatable bonds is 6. The molecule has 0 atom stereocenters. The number of hydrogen-bond acceptors (Lipinski definition) is 5. The third kappa shape index (κ3) is 3.65. The number of halogens is 1. The smallest absolute Gasteiger partial charge is 0.234 e. The van der Waals surface area contributed by atoms with Gasteiger partial charge in [0.05, 0.1) is 16.3 Å². The van der Waals surface area contributed by atoms with Gasteiger partial charge in [-0.1, -0.05) is 23.4 Å². The van der Waals surface area contributed by atoms with Crippen LogP contribution in [0.1, 0.15) is 49.0 Å². The van der Waals surface area contributed by atoms with E-state index in [1.165, 1.54) is 37.4 Å². The van der Waals surface area contributed by atoms with Crippen molar-refractivity contribution < 1.29 is 4.79 Å². The lowest BCUT2D eigenvalue weighted by Crippen LogP contribution is -2.14. The molecule has 0 radical (unpaired) electrons. The molecule has 2 aliphatic carbocycles. The molecule has 2 aliphatic rings. The van der Waals surface area contributed by atoms with Crippen LogP contribution in [0, 0.1) is 11.3 Å². The van der Waals surface area contributed by atoms with E-state index in [1.54, 1.807) is 18.2 Å². The number of aromatic nitrogens is 3. The Labute approximate surface area is 154 Å². The standard InChI is InChI=1S/C17H16ClN5OS/c18-14-7-12(4-3-11(14)8-19)20-15(24)9-25-17-22-21-16(10-1-2-10)23(17)13-5-6-13/h3-4,7,10,13H,1-2,5-6,9H2,(H,20,24). The number of hydrogen-bond donors (Lipinski definition) is 1. The Morgan fingerprint density at radius 1 is 1.36 bits per heavy atom. The summed E-state index contributed by atoms with van der Waals surface area (Å²) in [5, 5.41) is 21.5. The second kappa shape index (κ2) is 6.70. The monoisotopic (exact) mass is 373 g/mol. The van der Waals surface area contributed by atoms with Crippen molar-refractivity contribution in [3.63, 3.8) is 0 Å². The van der Waals surface area contributed by atoms with Gasteiger partial charge in [-0.3, -0.25) is 4.79 Å². The zero-order valence-electron chi connectivity index (χ0n) is 13.4. The first-order valence-corrected chi connectivity index (χ1v) is 9.59. The quantitative estimate of drug-likeness (QED) is 0.779. The Morgan fingerprint density at radius 3 is 2.80 bits per heavy atom. The number of nitrogens with one attached hydrogen (secondary N) is 1. The summed E-state index contributed by atoms with van der Waals surface area (Å²) >= 11 is 7.40. The molecule has 0 spiro atoms. The van der Waals surface area contributed by atoms with E-state index >= 15 is 0 Å². The van der Waals surface area contributed by atoms with Gasteiger partial charge in [-0.15, -0.1) is 10.2 Å². The summed E-state index contributed by atoms with van der Waals surface area (Å²) in [5.41, 5.74) is 0.969. The summed E-state index contributed by atoms with van der Waals surface area (Å²) in [7, 11) is 0. The molecule has 1 N–H and O–H groups in total. The molecule has 25 heavy (non-hydrogen) atoms. The minimum atomic E-state index is -0.135. The number of anilines is 1. The van der Waals surface area contributed by atoms with E-state index in [1.807, 2.05) is 6.07 Å². The summed E-state index contributed by atoms with van der Waals surface area (Å²) in [4.78, 5) is 12.2. The Bertz CT molecular complexity index is 866. The first-order chi connectivity index (χ1) is 12.2. The molecule has 0 saturated heterocycles. The van der Waals surface area contributed by atoms with E-state index in [2.05, 4.69) is 20.1 Å². The fourth-order valence-electron chi connectivity index (χ4n) is 2.69. The molecular formula is C17H16ClN5OS. The zero-order chi connectivity index (χ0) is 17.4. The van der Waals surface area contributed by atoms with Crippen LogP contribution in [-0.2, 0) is 4.79 Å². The highest BCUT2D eigenvalue weighted by molar-refractivity contribution is 7.99. The highest BCUT2D eigenvalue weighted by atomic mass is 35.5. The maximum Gasteiger partial charge on any atom is 0.234 e. The SMILES string of the molecule is N#Cc1ccc(NC(=O)CSc2nnc(C3CC3)n2C2CC2)cc1Cl. The first kappa shape index (κ1) is 16.4. The predicted octanol–water partition coefficient (Wildman–Crippen LogP) is 3.75. The summed E-state index contributed by atoms with van der Waals surface area (Å²) in [6.45, 7) is 0. The van der Waals surface area contributed by atoms with Crippen LogP contribution in [0.3, 0.4) is 0 Å². The first-order valence-electron chi connectivity index (χ1n) is 8.23. The molecule has 2 fully saturated rings. The maximum absolute atomic E-state index is 12.2. The topological polar surface area (TPSA) is 83.6 Å². The third-order valence-electron chi connectivity index (χ3n) is 4.25. The van der Waals surface area contributed by atoms with E-state index < -0.39 is 0 Å². The van der Waals surface area contributed by atoms with Gasteiger partial charge in [-0.25, -0.2) is 0 Å². The Balaban J connectivity index is 1.39. The predicted molar refractivity (Wildman–Crippen MR) is 95.8 cm³/mol. The lowest BCUT2D eigenvalue weighted by atomic mass is 10.2. The van der Waals surface area contributed by atoms with Crippen LogP contribution in [-0.4, -0.2) is 26.4 Å². The Hall–Kier alpha value is -2.04. The molecule has 0 bridgehead atoms. The number of carbonyl (C=O) groups is 1. The van der Waals surface area contributed by atoms with E-state index in [9.17, 15) is 4.79 Å². The number of carbonyl (C=O) groups excluding carboxylic acids is 1. The lowest BCUT2D eigenvalue weighted by Gasteiger charge is -2.09. The summed E-state index contributed by atoms with van der Waals surface area (Å²) in [6, 6.07) is 7.35. The van der Waals surface area contributed by atoms with Crippen molar-refractivity contribution in [2.45, 2.75) is 42.8 Å². The van der Waals surface area contributed by atoms with Crippen LogP contribution in [0.25, 0.3) is 0 Å².